The summed E-state index contributed by atoms with van der Waals surface area (Å²) in [6, 6.07) is 8.39. The van der Waals surface area contributed by atoms with E-state index in [-0.39, 0.29) is 6.04 Å². The van der Waals surface area contributed by atoms with Gasteiger partial charge in [0.15, 0.2) is 0 Å². The Labute approximate surface area is 93.3 Å². The fourth-order valence-corrected chi connectivity index (χ4v) is 1.52. The zero-order valence-electron chi connectivity index (χ0n) is 8.04. The average molecular weight is 255 g/mol. The largest absolute Gasteiger partial charge is 0.329 e. The molecule has 3 N–H and O–H groups in total. The zero-order valence-corrected chi connectivity index (χ0v) is 9.63. The molecule has 1 atom stereocenters. The lowest BCUT2D eigenvalue weighted by molar-refractivity contribution is 0.577. The average Bonchev–Trinajstić information content (AvgIpc) is 2.21. The van der Waals surface area contributed by atoms with Crippen LogP contribution in [0.5, 0.6) is 0 Å². The highest BCUT2D eigenvalue weighted by molar-refractivity contribution is 9.10. The maximum Gasteiger partial charge on any atom is 0.0446 e. The van der Waals surface area contributed by atoms with Crippen LogP contribution in [-0.4, -0.2) is 13.1 Å². The van der Waals surface area contributed by atoms with Crippen molar-refractivity contribution < 1.29 is 0 Å². The summed E-state index contributed by atoms with van der Waals surface area (Å²) in [6.45, 7) is 5.03. The Bertz CT molecular complexity index is 282. The fourth-order valence-electron chi connectivity index (χ4n) is 1.26. The van der Waals surface area contributed by atoms with Crippen LogP contribution in [0.4, 0.5) is 0 Å². The van der Waals surface area contributed by atoms with Gasteiger partial charge in [-0.3, -0.25) is 0 Å². The number of benzene rings is 1. The van der Waals surface area contributed by atoms with Crippen molar-refractivity contribution in [2.45, 2.75) is 6.04 Å². The van der Waals surface area contributed by atoms with Crippen LogP contribution in [0, 0.1) is 0 Å². The summed E-state index contributed by atoms with van der Waals surface area (Å²) in [5.74, 6) is 0. The third kappa shape index (κ3) is 3.25. The quantitative estimate of drug-likeness (QED) is 0.792. The number of rotatable bonds is 5. The summed E-state index contributed by atoms with van der Waals surface area (Å²) in [7, 11) is 0. The van der Waals surface area contributed by atoms with Gasteiger partial charge in [-0.25, -0.2) is 0 Å². The van der Waals surface area contributed by atoms with Crippen molar-refractivity contribution in [3.8, 4) is 0 Å². The fraction of sp³-hybridized carbons (Fsp3) is 0.273. The Hall–Kier alpha value is -0.640. The molecule has 1 aromatic rings. The first-order valence-electron chi connectivity index (χ1n) is 4.57. The van der Waals surface area contributed by atoms with Crippen molar-refractivity contribution in [1.82, 2.24) is 5.32 Å². The third-order valence-corrected chi connectivity index (χ3v) is 2.55. The molecule has 0 heterocycles. The standard InChI is InChI=1S/C11H15BrN2/c1-2-7-14-11(8-13)9-3-5-10(12)6-4-9/h2-6,11,14H,1,7-8,13H2. The summed E-state index contributed by atoms with van der Waals surface area (Å²) in [6.07, 6.45) is 1.83. The third-order valence-electron chi connectivity index (χ3n) is 2.02. The van der Waals surface area contributed by atoms with Crippen molar-refractivity contribution >= 4 is 15.9 Å². The molecule has 0 saturated heterocycles. The van der Waals surface area contributed by atoms with E-state index in [1.54, 1.807) is 0 Å². The molecular weight excluding hydrogens is 240 g/mol. The number of halogens is 1. The number of hydrogen-bond donors (Lipinski definition) is 2. The molecule has 0 aliphatic carbocycles. The van der Waals surface area contributed by atoms with Gasteiger partial charge < -0.3 is 11.1 Å². The minimum Gasteiger partial charge on any atom is -0.329 e. The highest BCUT2D eigenvalue weighted by Crippen LogP contribution is 2.15. The van der Waals surface area contributed by atoms with Crippen molar-refractivity contribution in [3.05, 3.63) is 47.0 Å². The molecule has 0 radical (unpaired) electrons. The summed E-state index contributed by atoms with van der Waals surface area (Å²) in [4.78, 5) is 0. The topological polar surface area (TPSA) is 38.0 Å². The molecule has 0 bridgehead atoms. The van der Waals surface area contributed by atoms with E-state index in [4.69, 9.17) is 5.73 Å². The summed E-state index contributed by atoms with van der Waals surface area (Å²) < 4.78 is 1.08. The molecule has 1 aromatic carbocycles. The van der Waals surface area contributed by atoms with E-state index in [2.05, 4.69) is 40.0 Å². The van der Waals surface area contributed by atoms with Gasteiger partial charge >= 0.3 is 0 Å². The first kappa shape index (κ1) is 11.4. The van der Waals surface area contributed by atoms with Crippen LogP contribution in [0.2, 0.25) is 0 Å². The highest BCUT2D eigenvalue weighted by Gasteiger charge is 2.06. The molecule has 3 heteroatoms. The first-order valence-corrected chi connectivity index (χ1v) is 5.37. The van der Waals surface area contributed by atoms with Crippen LogP contribution in [-0.2, 0) is 0 Å². The Kier molecular flexibility index (Phi) is 4.87. The lowest BCUT2D eigenvalue weighted by Crippen LogP contribution is -2.28. The second-order valence-corrected chi connectivity index (χ2v) is 3.95. The van der Waals surface area contributed by atoms with Crippen LogP contribution < -0.4 is 11.1 Å². The normalized spacial score (nSPS) is 12.4. The van der Waals surface area contributed by atoms with E-state index < -0.39 is 0 Å². The summed E-state index contributed by atoms with van der Waals surface area (Å²) in [5, 5.41) is 3.30. The Morgan fingerprint density at radius 1 is 1.43 bits per heavy atom. The van der Waals surface area contributed by atoms with Crippen LogP contribution in [0.1, 0.15) is 11.6 Å². The van der Waals surface area contributed by atoms with Crippen molar-refractivity contribution in [2.24, 2.45) is 5.73 Å². The SMILES string of the molecule is C=CCNC(CN)c1ccc(Br)cc1. The lowest BCUT2D eigenvalue weighted by Gasteiger charge is -2.15. The van der Waals surface area contributed by atoms with Gasteiger partial charge in [0, 0.05) is 23.6 Å². The van der Waals surface area contributed by atoms with Gasteiger partial charge in [0.1, 0.15) is 0 Å². The number of hydrogen-bond acceptors (Lipinski definition) is 2. The lowest BCUT2D eigenvalue weighted by atomic mass is 10.1. The molecule has 14 heavy (non-hydrogen) atoms. The Morgan fingerprint density at radius 2 is 2.07 bits per heavy atom. The van der Waals surface area contributed by atoms with Crippen molar-refractivity contribution in [1.29, 1.82) is 0 Å². The van der Waals surface area contributed by atoms with Crippen LogP contribution in [0.15, 0.2) is 41.4 Å². The van der Waals surface area contributed by atoms with Gasteiger partial charge in [-0.05, 0) is 17.7 Å². The van der Waals surface area contributed by atoms with Gasteiger partial charge in [0.2, 0.25) is 0 Å². The smallest absolute Gasteiger partial charge is 0.0446 e. The molecule has 76 valence electrons. The van der Waals surface area contributed by atoms with Gasteiger partial charge in [-0.15, -0.1) is 6.58 Å². The first-order chi connectivity index (χ1) is 6.77. The van der Waals surface area contributed by atoms with Crippen molar-refractivity contribution in [3.63, 3.8) is 0 Å². The van der Waals surface area contributed by atoms with E-state index >= 15 is 0 Å². The zero-order chi connectivity index (χ0) is 10.4. The second-order valence-electron chi connectivity index (χ2n) is 3.04. The highest BCUT2D eigenvalue weighted by atomic mass is 79.9. The van der Waals surface area contributed by atoms with Gasteiger partial charge in [-0.1, -0.05) is 34.1 Å². The monoisotopic (exact) mass is 254 g/mol. The molecule has 1 rings (SSSR count). The molecule has 1 unspecified atom stereocenters. The molecule has 0 aliphatic rings. The van der Waals surface area contributed by atoms with E-state index in [9.17, 15) is 0 Å². The van der Waals surface area contributed by atoms with E-state index in [0.717, 1.165) is 11.0 Å². The number of nitrogens with one attached hydrogen (secondary N) is 1. The van der Waals surface area contributed by atoms with Gasteiger partial charge in [-0.2, -0.15) is 0 Å². The minimum absolute atomic E-state index is 0.209. The Balaban J connectivity index is 2.68. The molecule has 0 spiro atoms. The van der Waals surface area contributed by atoms with E-state index in [0.29, 0.717) is 6.54 Å². The van der Waals surface area contributed by atoms with E-state index in [1.165, 1.54) is 5.56 Å². The molecular formula is C11H15BrN2. The second kappa shape index (κ2) is 5.96. The van der Waals surface area contributed by atoms with Crippen LogP contribution in [0.25, 0.3) is 0 Å². The van der Waals surface area contributed by atoms with E-state index in [1.807, 2.05) is 18.2 Å². The van der Waals surface area contributed by atoms with Crippen LogP contribution >= 0.6 is 15.9 Å². The summed E-state index contributed by atoms with van der Waals surface area (Å²) >= 11 is 3.40. The van der Waals surface area contributed by atoms with Gasteiger partial charge in [0.25, 0.3) is 0 Å². The molecule has 0 aromatic heterocycles. The van der Waals surface area contributed by atoms with Gasteiger partial charge in [0.05, 0.1) is 0 Å². The molecule has 2 nitrogen and oxygen atoms in total. The predicted octanol–water partition coefficient (Wildman–Crippen LogP) is 2.22. The minimum atomic E-state index is 0.209. The molecule has 0 fully saturated rings. The molecule has 0 aliphatic heterocycles. The molecule has 0 saturated carbocycles. The number of nitrogens with two attached hydrogens (primary N) is 1. The maximum absolute atomic E-state index is 5.68. The maximum atomic E-state index is 5.68. The van der Waals surface area contributed by atoms with Crippen molar-refractivity contribution in [2.75, 3.05) is 13.1 Å². The summed E-state index contributed by atoms with van der Waals surface area (Å²) in [5.41, 5.74) is 6.88. The Morgan fingerprint density at radius 3 is 2.57 bits per heavy atom. The molecule has 0 amide bonds. The van der Waals surface area contributed by atoms with Crippen LogP contribution in [0.3, 0.4) is 0 Å². The predicted molar refractivity (Wildman–Crippen MR) is 64.1 cm³/mol.